The minimum Gasteiger partial charge on any atom is -0.397 e. The van der Waals surface area contributed by atoms with Crippen LogP contribution in [-0.4, -0.2) is 42.5 Å². The van der Waals surface area contributed by atoms with E-state index in [0.29, 0.717) is 35.9 Å². The number of hydrogen-bond acceptors (Lipinski definition) is 6. The predicted molar refractivity (Wildman–Crippen MR) is 61.1 cm³/mol. The van der Waals surface area contributed by atoms with Gasteiger partial charge in [-0.1, -0.05) is 13.2 Å². The van der Waals surface area contributed by atoms with Crippen molar-refractivity contribution < 1.29 is 9.37 Å². The van der Waals surface area contributed by atoms with Crippen LogP contribution in [0.2, 0.25) is 0 Å². The Kier molecular flexibility index (Phi) is 4.07. The molecule has 6 heteroatoms. The van der Waals surface area contributed by atoms with Gasteiger partial charge in [-0.25, -0.2) is 4.63 Å². The maximum absolute atomic E-state index is 5.56. The van der Waals surface area contributed by atoms with Crippen molar-refractivity contribution >= 4 is 11.4 Å². The average molecular weight is 224 g/mol. The van der Waals surface area contributed by atoms with Gasteiger partial charge in [-0.15, -0.1) is 0 Å². The number of hydrogen-bond donors (Lipinski definition) is 1. The van der Waals surface area contributed by atoms with Crippen molar-refractivity contribution in [3.63, 3.8) is 0 Å². The number of nitrogens with two attached hydrogens (primary N) is 1. The Morgan fingerprint density at radius 1 is 1.44 bits per heavy atom. The molecule has 0 saturated heterocycles. The molecule has 0 radical (unpaired) electrons. The summed E-state index contributed by atoms with van der Waals surface area (Å²) in [6, 6.07) is 0. The van der Waals surface area contributed by atoms with Gasteiger partial charge in [-0.3, -0.25) is 0 Å². The zero-order valence-corrected chi connectivity index (χ0v) is 9.56. The van der Waals surface area contributed by atoms with E-state index in [-0.39, 0.29) is 0 Å². The van der Waals surface area contributed by atoms with Crippen LogP contribution in [-0.2, 0) is 4.74 Å². The predicted octanol–water partition coefficient (Wildman–Crippen LogP) is 0.548. The van der Waals surface area contributed by atoms with Crippen molar-refractivity contribution in [2.45, 2.75) is 0 Å². The lowest BCUT2D eigenvalue weighted by molar-refractivity contribution is 0.180. The second-order valence-electron chi connectivity index (χ2n) is 3.35. The van der Waals surface area contributed by atoms with Crippen LogP contribution in [0.1, 0.15) is 11.4 Å². The third-order valence-electron chi connectivity index (χ3n) is 2.16. The largest absolute Gasteiger partial charge is 0.397 e. The molecule has 1 rings (SSSR count). The monoisotopic (exact) mass is 224 g/mol. The minimum absolute atomic E-state index is 0.303. The van der Waals surface area contributed by atoms with E-state index in [0.717, 1.165) is 0 Å². The van der Waals surface area contributed by atoms with Gasteiger partial charge in [-0.05, 0) is 10.3 Å². The van der Waals surface area contributed by atoms with Crippen molar-refractivity contribution in [2.75, 3.05) is 27.3 Å². The van der Waals surface area contributed by atoms with Gasteiger partial charge < -0.3 is 15.4 Å². The van der Waals surface area contributed by atoms with E-state index in [1.54, 1.807) is 7.11 Å². The highest BCUT2D eigenvalue weighted by molar-refractivity contribution is 5.70. The summed E-state index contributed by atoms with van der Waals surface area (Å²) in [5.74, 6) is 0. The summed E-state index contributed by atoms with van der Waals surface area (Å²) >= 11 is 0. The molecule has 1 heterocycles. The van der Waals surface area contributed by atoms with E-state index >= 15 is 0 Å². The maximum atomic E-state index is 5.56. The Bertz CT molecular complexity index is 386. The van der Waals surface area contributed by atoms with Gasteiger partial charge in [-0.2, -0.15) is 0 Å². The lowest BCUT2D eigenvalue weighted by atomic mass is 10.2. The molecule has 0 unspecified atom stereocenters. The standard InChI is InChI=1S/C10H16N4O2/c1-7(11)9-10(13-16-12-9)8(2)14(3)5-6-15-4/h1-2,5-6,11H2,3-4H3. The normalized spacial score (nSPS) is 10.1. The van der Waals surface area contributed by atoms with E-state index in [9.17, 15) is 0 Å². The topological polar surface area (TPSA) is 77.4 Å². The summed E-state index contributed by atoms with van der Waals surface area (Å²) in [5.41, 5.74) is 7.46. The Morgan fingerprint density at radius 2 is 2.06 bits per heavy atom. The molecule has 0 atom stereocenters. The molecule has 0 aliphatic carbocycles. The van der Waals surface area contributed by atoms with Crippen molar-refractivity contribution in [1.82, 2.24) is 15.2 Å². The Labute approximate surface area is 94.3 Å². The highest BCUT2D eigenvalue weighted by atomic mass is 16.6. The first-order valence-corrected chi connectivity index (χ1v) is 4.74. The van der Waals surface area contributed by atoms with E-state index in [2.05, 4.69) is 28.1 Å². The maximum Gasteiger partial charge on any atom is 0.159 e. The zero-order valence-electron chi connectivity index (χ0n) is 9.56. The van der Waals surface area contributed by atoms with Crippen molar-refractivity contribution in [3.05, 3.63) is 24.5 Å². The fourth-order valence-electron chi connectivity index (χ4n) is 1.13. The van der Waals surface area contributed by atoms with Crippen LogP contribution in [0, 0.1) is 0 Å². The highest BCUT2D eigenvalue weighted by Gasteiger charge is 2.16. The number of aromatic nitrogens is 2. The number of rotatable bonds is 6. The third kappa shape index (κ3) is 2.60. The molecule has 0 aliphatic rings. The number of methoxy groups -OCH3 is 1. The highest BCUT2D eigenvalue weighted by Crippen LogP contribution is 2.19. The van der Waals surface area contributed by atoms with Crippen LogP contribution >= 0.6 is 0 Å². The van der Waals surface area contributed by atoms with Gasteiger partial charge in [0, 0.05) is 20.7 Å². The molecule has 0 amide bonds. The lowest BCUT2D eigenvalue weighted by Crippen LogP contribution is -2.21. The smallest absolute Gasteiger partial charge is 0.159 e. The Hall–Kier alpha value is -1.82. The SMILES string of the molecule is C=C(N)c1nonc1C(=C)N(C)CCOC. The summed E-state index contributed by atoms with van der Waals surface area (Å²) in [7, 11) is 3.51. The molecule has 6 nitrogen and oxygen atoms in total. The number of nitrogens with zero attached hydrogens (tertiary/aromatic N) is 3. The first-order valence-electron chi connectivity index (χ1n) is 4.74. The van der Waals surface area contributed by atoms with Crippen molar-refractivity contribution in [2.24, 2.45) is 5.73 Å². The van der Waals surface area contributed by atoms with E-state index in [1.165, 1.54) is 0 Å². The summed E-state index contributed by atoms with van der Waals surface area (Å²) in [4.78, 5) is 1.88. The first-order chi connectivity index (χ1) is 7.57. The Morgan fingerprint density at radius 3 is 2.62 bits per heavy atom. The molecule has 0 spiro atoms. The summed E-state index contributed by atoms with van der Waals surface area (Å²) in [5, 5.41) is 7.43. The molecular weight excluding hydrogens is 208 g/mol. The lowest BCUT2D eigenvalue weighted by Gasteiger charge is -2.19. The van der Waals surface area contributed by atoms with Crippen LogP contribution in [0.5, 0.6) is 0 Å². The summed E-state index contributed by atoms with van der Waals surface area (Å²) in [6.07, 6.45) is 0. The van der Waals surface area contributed by atoms with E-state index in [4.69, 9.17) is 10.5 Å². The van der Waals surface area contributed by atoms with Crippen molar-refractivity contribution in [1.29, 1.82) is 0 Å². The molecule has 16 heavy (non-hydrogen) atoms. The molecule has 0 saturated carbocycles. The van der Waals surface area contributed by atoms with Gasteiger partial charge in [0.15, 0.2) is 11.4 Å². The van der Waals surface area contributed by atoms with Gasteiger partial charge in [0.1, 0.15) is 0 Å². The van der Waals surface area contributed by atoms with Crippen molar-refractivity contribution in [3.8, 4) is 0 Å². The van der Waals surface area contributed by atoms with E-state index in [1.807, 2.05) is 11.9 Å². The quantitative estimate of drug-likeness (QED) is 0.760. The summed E-state index contributed by atoms with van der Waals surface area (Å²) < 4.78 is 9.60. The van der Waals surface area contributed by atoms with Crippen LogP contribution in [0.15, 0.2) is 17.8 Å². The average Bonchev–Trinajstić information content (AvgIpc) is 2.73. The third-order valence-corrected chi connectivity index (χ3v) is 2.16. The molecule has 1 aromatic rings. The zero-order chi connectivity index (χ0) is 12.1. The molecule has 0 aliphatic heterocycles. The van der Waals surface area contributed by atoms with E-state index < -0.39 is 0 Å². The molecule has 88 valence electrons. The fraction of sp³-hybridized carbons (Fsp3) is 0.400. The van der Waals surface area contributed by atoms with Gasteiger partial charge in [0.05, 0.1) is 18.0 Å². The van der Waals surface area contributed by atoms with Gasteiger partial charge in [0.2, 0.25) is 0 Å². The van der Waals surface area contributed by atoms with Crippen LogP contribution in [0.3, 0.4) is 0 Å². The fourth-order valence-corrected chi connectivity index (χ4v) is 1.13. The second kappa shape index (κ2) is 5.32. The second-order valence-corrected chi connectivity index (χ2v) is 3.35. The molecular formula is C10H16N4O2. The molecule has 1 aromatic heterocycles. The van der Waals surface area contributed by atoms with Crippen LogP contribution in [0.25, 0.3) is 11.4 Å². The van der Waals surface area contributed by atoms with Gasteiger partial charge in [0.25, 0.3) is 0 Å². The summed E-state index contributed by atoms with van der Waals surface area (Å²) in [6.45, 7) is 8.79. The number of likely N-dealkylation sites (N-methyl/N-ethyl adjacent to an activating group) is 1. The Balaban J connectivity index is 2.79. The minimum atomic E-state index is 0.303. The molecule has 0 fully saturated rings. The van der Waals surface area contributed by atoms with Gasteiger partial charge >= 0.3 is 0 Å². The number of ether oxygens (including phenoxy) is 1. The molecule has 0 aromatic carbocycles. The molecule has 2 N–H and O–H groups in total. The van der Waals surface area contributed by atoms with Crippen LogP contribution < -0.4 is 5.73 Å². The van der Waals surface area contributed by atoms with Crippen LogP contribution in [0.4, 0.5) is 0 Å². The first kappa shape index (κ1) is 12.3. The molecule has 0 bridgehead atoms.